The van der Waals surface area contributed by atoms with Gasteiger partial charge in [-0.2, -0.15) is 0 Å². The van der Waals surface area contributed by atoms with E-state index >= 15 is 0 Å². The number of piperidine rings is 1. The number of nitrogens with one attached hydrogen (secondary N) is 1. The predicted octanol–water partition coefficient (Wildman–Crippen LogP) is 2.68. The van der Waals surface area contributed by atoms with E-state index in [1.165, 1.54) is 0 Å². The molecular formula is C15H20BrN3O2. The lowest BCUT2D eigenvalue weighted by Gasteiger charge is -2.33. The van der Waals surface area contributed by atoms with Gasteiger partial charge in [0, 0.05) is 29.7 Å². The number of aromatic nitrogens is 1. The highest BCUT2D eigenvalue weighted by Crippen LogP contribution is 2.20. The van der Waals surface area contributed by atoms with E-state index in [-0.39, 0.29) is 23.7 Å². The SMILES string of the molecule is CC(C)C(=O)N1CCC[C@H](C(=O)Nc2ccc(Br)cn2)C1. The van der Waals surface area contributed by atoms with Gasteiger partial charge in [-0.3, -0.25) is 9.59 Å². The summed E-state index contributed by atoms with van der Waals surface area (Å²) in [7, 11) is 0. The highest BCUT2D eigenvalue weighted by Gasteiger charge is 2.29. The van der Waals surface area contributed by atoms with Crippen LogP contribution in [0.5, 0.6) is 0 Å². The van der Waals surface area contributed by atoms with Gasteiger partial charge in [0.1, 0.15) is 5.82 Å². The highest BCUT2D eigenvalue weighted by atomic mass is 79.9. The van der Waals surface area contributed by atoms with Gasteiger partial charge in [0.25, 0.3) is 0 Å². The lowest BCUT2D eigenvalue weighted by Crippen LogP contribution is -2.45. The minimum absolute atomic E-state index is 0.0278. The molecule has 2 rings (SSSR count). The molecule has 114 valence electrons. The molecule has 1 fully saturated rings. The Morgan fingerprint density at radius 2 is 2.19 bits per heavy atom. The fourth-order valence-corrected chi connectivity index (χ4v) is 2.67. The van der Waals surface area contributed by atoms with E-state index in [1.54, 1.807) is 17.2 Å². The number of anilines is 1. The zero-order chi connectivity index (χ0) is 15.4. The van der Waals surface area contributed by atoms with Crippen molar-refractivity contribution in [1.82, 2.24) is 9.88 Å². The number of hydrogen-bond acceptors (Lipinski definition) is 3. The van der Waals surface area contributed by atoms with E-state index in [0.717, 1.165) is 23.9 Å². The van der Waals surface area contributed by atoms with Crippen LogP contribution in [-0.4, -0.2) is 34.8 Å². The van der Waals surface area contributed by atoms with Crippen molar-refractivity contribution in [2.24, 2.45) is 11.8 Å². The van der Waals surface area contributed by atoms with Crippen LogP contribution in [0.15, 0.2) is 22.8 Å². The standard InChI is InChI=1S/C15H20BrN3O2/c1-10(2)15(21)19-7-3-4-11(9-19)14(20)18-13-6-5-12(16)8-17-13/h5-6,8,10-11H,3-4,7,9H2,1-2H3,(H,17,18,20)/t11-/m0/s1. The van der Waals surface area contributed by atoms with Crippen molar-refractivity contribution in [2.75, 3.05) is 18.4 Å². The van der Waals surface area contributed by atoms with E-state index in [9.17, 15) is 9.59 Å². The lowest BCUT2D eigenvalue weighted by atomic mass is 9.96. The summed E-state index contributed by atoms with van der Waals surface area (Å²) >= 11 is 3.31. The molecule has 1 aliphatic rings. The number of likely N-dealkylation sites (tertiary alicyclic amines) is 1. The van der Waals surface area contributed by atoms with Crippen LogP contribution in [0.2, 0.25) is 0 Å². The number of rotatable bonds is 3. The lowest BCUT2D eigenvalue weighted by molar-refractivity contribution is -0.137. The van der Waals surface area contributed by atoms with Crippen molar-refractivity contribution in [3.63, 3.8) is 0 Å². The minimum atomic E-state index is -0.160. The van der Waals surface area contributed by atoms with Crippen LogP contribution in [0.1, 0.15) is 26.7 Å². The Morgan fingerprint density at radius 1 is 1.43 bits per heavy atom. The Morgan fingerprint density at radius 3 is 2.81 bits per heavy atom. The maximum absolute atomic E-state index is 12.3. The molecule has 1 saturated heterocycles. The molecule has 0 bridgehead atoms. The van der Waals surface area contributed by atoms with Gasteiger partial charge >= 0.3 is 0 Å². The summed E-state index contributed by atoms with van der Waals surface area (Å²) in [6, 6.07) is 3.58. The van der Waals surface area contributed by atoms with Crippen LogP contribution < -0.4 is 5.32 Å². The van der Waals surface area contributed by atoms with E-state index in [0.29, 0.717) is 12.4 Å². The first kappa shape index (κ1) is 15.9. The van der Waals surface area contributed by atoms with Gasteiger partial charge in [-0.05, 0) is 40.9 Å². The maximum Gasteiger partial charge on any atom is 0.230 e. The predicted molar refractivity (Wildman–Crippen MR) is 84.7 cm³/mol. The number of hydrogen-bond donors (Lipinski definition) is 1. The monoisotopic (exact) mass is 353 g/mol. The van der Waals surface area contributed by atoms with Crippen LogP contribution in [-0.2, 0) is 9.59 Å². The third kappa shape index (κ3) is 4.27. The fourth-order valence-electron chi connectivity index (χ4n) is 2.43. The molecule has 2 amide bonds. The summed E-state index contributed by atoms with van der Waals surface area (Å²) in [5.74, 6) is 0.405. The van der Waals surface area contributed by atoms with Gasteiger partial charge in [0.2, 0.25) is 11.8 Å². The molecule has 0 aromatic carbocycles. The summed E-state index contributed by atoms with van der Waals surface area (Å²) in [4.78, 5) is 30.3. The van der Waals surface area contributed by atoms with E-state index in [1.807, 2.05) is 19.9 Å². The molecule has 0 spiro atoms. The van der Waals surface area contributed by atoms with Crippen molar-refractivity contribution >= 4 is 33.6 Å². The third-order valence-corrected chi connectivity index (χ3v) is 4.05. The quantitative estimate of drug-likeness (QED) is 0.908. The number of carbonyl (C=O) groups is 2. The second-order valence-corrected chi connectivity index (χ2v) is 6.54. The Bertz CT molecular complexity index is 516. The number of amides is 2. The van der Waals surface area contributed by atoms with Gasteiger partial charge in [-0.15, -0.1) is 0 Å². The average Bonchev–Trinajstić information content (AvgIpc) is 2.48. The van der Waals surface area contributed by atoms with Crippen molar-refractivity contribution < 1.29 is 9.59 Å². The van der Waals surface area contributed by atoms with Crippen molar-refractivity contribution in [2.45, 2.75) is 26.7 Å². The Balaban J connectivity index is 1.96. The summed E-state index contributed by atoms with van der Waals surface area (Å²) in [6.45, 7) is 5.02. The third-order valence-electron chi connectivity index (χ3n) is 3.58. The molecule has 0 aliphatic carbocycles. The molecule has 1 aromatic heterocycles. The first-order chi connectivity index (χ1) is 9.97. The molecule has 1 aliphatic heterocycles. The Kier molecular flexibility index (Phi) is 5.33. The molecule has 2 heterocycles. The van der Waals surface area contributed by atoms with Gasteiger partial charge in [0.05, 0.1) is 5.92 Å². The largest absolute Gasteiger partial charge is 0.342 e. The number of carbonyl (C=O) groups excluding carboxylic acids is 2. The van der Waals surface area contributed by atoms with Gasteiger partial charge in [-0.1, -0.05) is 13.8 Å². The Hall–Kier alpha value is -1.43. The second kappa shape index (κ2) is 7.02. The van der Waals surface area contributed by atoms with Crippen LogP contribution in [0.25, 0.3) is 0 Å². The maximum atomic E-state index is 12.3. The zero-order valence-corrected chi connectivity index (χ0v) is 13.9. The molecule has 1 N–H and O–H groups in total. The summed E-state index contributed by atoms with van der Waals surface area (Å²) in [5, 5.41) is 2.82. The number of halogens is 1. The molecule has 21 heavy (non-hydrogen) atoms. The minimum Gasteiger partial charge on any atom is -0.342 e. The fraction of sp³-hybridized carbons (Fsp3) is 0.533. The van der Waals surface area contributed by atoms with E-state index in [4.69, 9.17) is 0 Å². The highest BCUT2D eigenvalue weighted by molar-refractivity contribution is 9.10. The van der Waals surface area contributed by atoms with Crippen LogP contribution in [0.4, 0.5) is 5.82 Å². The topological polar surface area (TPSA) is 62.3 Å². The molecule has 0 saturated carbocycles. The second-order valence-electron chi connectivity index (χ2n) is 5.63. The normalized spacial score (nSPS) is 18.7. The number of pyridine rings is 1. The van der Waals surface area contributed by atoms with Crippen molar-refractivity contribution in [3.05, 3.63) is 22.8 Å². The molecule has 0 radical (unpaired) electrons. The first-order valence-electron chi connectivity index (χ1n) is 7.18. The summed E-state index contributed by atoms with van der Waals surface area (Å²) < 4.78 is 0.867. The molecule has 1 aromatic rings. The van der Waals surface area contributed by atoms with Gasteiger partial charge in [0.15, 0.2) is 0 Å². The molecular weight excluding hydrogens is 334 g/mol. The molecule has 0 unspecified atom stereocenters. The zero-order valence-electron chi connectivity index (χ0n) is 12.3. The van der Waals surface area contributed by atoms with Gasteiger partial charge in [-0.25, -0.2) is 4.98 Å². The van der Waals surface area contributed by atoms with Crippen LogP contribution in [0.3, 0.4) is 0 Å². The van der Waals surface area contributed by atoms with Crippen LogP contribution >= 0.6 is 15.9 Å². The summed E-state index contributed by atoms with van der Waals surface area (Å²) in [5.41, 5.74) is 0. The molecule has 5 nitrogen and oxygen atoms in total. The summed E-state index contributed by atoms with van der Waals surface area (Å²) in [6.07, 6.45) is 3.32. The first-order valence-corrected chi connectivity index (χ1v) is 7.98. The van der Waals surface area contributed by atoms with E-state index < -0.39 is 0 Å². The average molecular weight is 354 g/mol. The van der Waals surface area contributed by atoms with Gasteiger partial charge < -0.3 is 10.2 Å². The molecule has 6 heteroatoms. The van der Waals surface area contributed by atoms with Crippen molar-refractivity contribution in [3.8, 4) is 0 Å². The number of nitrogens with zero attached hydrogens (tertiary/aromatic N) is 2. The smallest absolute Gasteiger partial charge is 0.230 e. The van der Waals surface area contributed by atoms with Crippen molar-refractivity contribution in [1.29, 1.82) is 0 Å². The molecule has 1 atom stereocenters. The van der Waals surface area contributed by atoms with Crippen LogP contribution in [0, 0.1) is 11.8 Å². The van der Waals surface area contributed by atoms with E-state index in [2.05, 4.69) is 26.2 Å². The Labute approximate surface area is 133 Å².